The summed E-state index contributed by atoms with van der Waals surface area (Å²) < 4.78 is 6.21. The molecule has 19 heavy (non-hydrogen) atoms. The molecule has 2 aliphatic rings. The Kier molecular flexibility index (Phi) is 9.19. The van der Waals surface area contributed by atoms with Crippen LogP contribution >= 0.6 is 24.8 Å². The zero-order valence-electron chi connectivity index (χ0n) is 12.0. The summed E-state index contributed by atoms with van der Waals surface area (Å²) >= 11 is -1.29. The molecule has 0 N–H and O–H groups in total. The number of hydrogen-bond donors (Lipinski definition) is 0. The fourth-order valence-electron chi connectivity index (χ4n) is 2.64. The minimum Gasteiger partial charge on any atom is -0.147 e. The molecule has 106 valence electrons. The molecule has 3 heteroatoms. The number of unbranched alkanes of at least 4 members (excludes halogenated alkanes) is 1. The van der Waals surface area contributed by atoms with Crippen LogP contribution in [0.2, 0.25) is 0 Å². The molecular weight excluding hydrogens is 311 g/mol. The molecule has 0 nitrogen and oxygen atoms in total. The van der Waals surface area contributed by atoms with Crippen molar-refractivity contribution >= 4 is 29.1 Å². The van der Waals surface area contributed by atoms with E-state index >= 15 is 0 Å². The predicted molar refractivity (Wildman–Crippen MR) is 88.3 cm³/mol. The van der Waals surface area contributed by atoms with Gasteiger partial charge in [0, 0.05) is 0 Å². The van der Waals surface area contributed by atoms with Gasteiger partial charge in [-0.3, -0.25) is 0 Å². The summed E-state index contributed by atoms with van der Waals surface area (Å²) in [6.45, 7) is 6.94. The Morgan fingerprint density at radius 1 is 1.37 bits per heavy atom. The van der Waals surface area contributed by atoms with Gasteiger partial charge >= 0.3 is 111 Å². The molecule has 0 fully saturated rings. The van der Waals surface area contributed by atoms with Crippen molar-refractivity contribution in [2.45, 2.75) is 40.0 Å². The second-order valence-corrected chi connectivity index (χ2v) is 8.75. The molecule has 1 atom stereocenters. The topological polar surface area (TPSA) is 0 Å². The molecule has 2 aliphatic carbocycles. The molecule has 0 amide bonds. The molecule has 2 rings (SSSR count). The van der Waals surface area contributed by atoms with E-state index in [0.717, 1.165) is 0 Å². The van der Waals surface area contributed by atoms with E-state index in [4.69, 9.17) is 0 Å². The fourth-order valence-corrected chi connectivity index (χ4v) is 7.50. The van der Waals surface area contributed by atoms with Crippen molar-refractivity contribution in [3.05, 3.63) is 43.7 Å². The Morgan fingerprint density at radius 2 is 2.11 bits per heavy atom. The Labute approximate surface area is 135 Å². The summed E-state index contributed by atoms with van der Waals surface area (Å²) in [5.74, 6) is 0.680. The Morgan fingerprint density at radius 3 is 2.58 bits per heavy atom. The Balaban J connectivity index is 0.00000162. The van der Waals surface area contributed by atoms with Crippen LogP contribution < -0.4 is 0 Å². The zero-order chi connectivity index (χ0) is 12.3. The van der Waals surface area contributed by atoms with Crippen LogP contribution in [-0.4, -0.2) is 4.31 Å². The minimum atomic E-state index is -1.29. The van der Waals surface area contributed by atoms with E-state index in [1.165, 1.54) is 19.3 Å². The van der Waals surface area contributed by atoms with Crippen LogP contribution in [0, 0.1) is 5.92 Å². The first-order valence-corrected chi connectivity index (χ1v) is 9.16. The predicted octanol–water partition coefficient (Wildman–Crippen LogP) is 5.37. The van der Waals surface area contributed by atoms with Crippen molar-refractivity contribution in [1.82, 2.24) is 0 Å². The van der Waals surface area contributed by atoms with Crippen LogP contribution in [0.1, 0.15) is 40.0 Å². The van der Waals surface area contributed by atoms with Gasteiger partial charge in [-0.25, -0.2) is 0 Å². The van der Waals surface area contributed by atoms with Crippen molar-refractivity contribution in [1.29, 1.82) is 0 Å². The van der Waals surface area contributed by atoms with Crippen LogP contribution in [0.3, 0.4) is 0 Å². The molecule has 0 spiro atoms. The summed E-state index contributed by atoms with van der Waals surface area (Å²) in [7, 11) is 0. The summed E-state index contributed by atoms with van der Waals surface area (Å²) in [6.07, 6.45) is 15.4. The van der Waals surface area contributed by atoms with E-state index in [9.17, 15) is 0 Å². The first-order chi connectivity index (χ1) is 8.24. The maximum atomic E-state index is 2.68. The standard InChI is InChI=1S/C7H9.C5H5.C4H8.2ClH.Ti/c1-6-3-4-7(2)5-6;1-2-4-5-3-1;1-3-4-2;;;/h3-4,6H,1-2H3;1-3H,4H2;1H,3-4H2,2H3;2*1H;. The maximum absolute atomic E-state index is 2.68. The van der Waals surface area contributed by atoms with E-state index in [0.29, 0.717) is 5.92 Å². The fraction of sp³-hybridized carbons (Fsp3) is 0.438. The molecule has 0 aromatic heterocycles. The van der Waals surface area contributed by atoms with Crippen molar-refractivity contribution in [2.75, 3.05) is 0 Å². The van der Waals surface area contributed by atoms with Gasteiger partial charge in [-0.1, -0.05) is 0 Å². The molecule has 0 bridgehead atoms. The summed E-state index contributed by atoms with van der Waals surface area (Å²) in [6, 6.07) is 0. The van der Waals surface area contributed by atoms with Crippen molar-refractivity contribution in [2.24, 2.45) is 5.92 Å². The number of allylic oxidation sites excluding steroid dienone is 8. The molecule has 0 radical (unpaired) electrons. The summed E-state index contributed by atoms with van der Waals surface area (Å²) in [4.78, 5) is 0. The smallest absolute Gasteiger partial charge is 0.147 e. The molecule has 1 unspecified atom stereocenters. The SMILES string of the molecule is CCC[CH]=[Ti]([C]1=CC=CC1)[C]1=C(C)C=CC1C.Cl.Cl. The van der Waals surface area contributed by atoms with E-state index < -0.39 is 17.4 Å². The van der Waals surface area contributed by atoms with E-state index in [-0.39, 0.29) is 24.8 Å². The van der Waals surface area contributed by atoms with E-state index in [1.54, 1.807) is 13.3 Å². The third-order valence-electron chi connectivity index (χ3n) is 3.56. The van der Waals surface area contributed by atoms with Crippen LogP contribution in [-0.2, 0) is 17.4 Å². The van der Waals surface area contributed by atoms with Crippen LogP contribution in [0.5, 0.6) is 0 Å². The van der Waals surface area contributed by atoms with Gasteiger partial charge in [0.1, 0.15) is 0 Å². The molecule has 0 aromatic rings. The average molecular weight is 335 g/mol. The van der Waals surface area contributed by atoms with Gasteiger partial charge < -0.3 is 0 Å². The van der Waals surface area contributed by atoms with Gasteiger partial charge in [-0.15, -0.1) is 24.8 Å². The largest absolute Gasteiger partial charge is 0.147 e. The first kappa shape index (κ1) is 19.1. The summed E-state index contributed by atoms with van der Waals surface area (Å²) in [5.41, 5.74) is 1.55. The van der Waals surface area contributed by atoms with Gasteiger partial charge in [0.15, 0.2) is 0 Å². The van der Waals surface area contributed by atoms with Crippen molar-refractivity contribution < 1.29 is 17.4 Å². The maximum Gasteiger partial charge on any atom is -0.147 e. The van der Waals surface area contributed by atoms with Crippen LogP contribution in [0.15, 0.2) is 43.7 Å². The van der Waals surface area contributed by atoms with Crippen molar-refractivity contribution in [3.63, 3.8) is 0 Å². The van der Waals surface area contributed by atoms with E-state index in [2.05, 4.69) is 55.5 Å². The number of rotatable bonds is 4. The number of hydrogen-bond acceptors (Lipinski definition) is 0. The molecule has 0 saturated carbocycles. The second-order valence-electron chi connectivity index (χ2n) is 4.98. The number of halogens is 2. The van der Waals surface area contributed by atoms with Gasteiger partial charge in [-0.05, 0) is 0 Å². The van der Waals surface area contributed by atoms with Gasteiger partial charge in [0.2, 0.25) is 0 Å². The average Bonchev–Trinajstić information content (AvgIpc) is 2.93. The Hall–Kier alpha value is 0.124. The third kappa shape index (κ3) is 4.57. The quantitative estimate of drug-likeness (QED) is 0.606. The summed E-state index contributed by atoms with van der Waals surface area (Å²) in [5, 5.41) is 0. The molecule has 0 saturated heterocycles. The zero-order valence-corrected chi connectivity index (χ0v) is 15.2. The van der Waals surface area contributed by atoms with Gasteiger partial charge in [0.25, 0.3) is 0 Å². The van der Waals surface area contributed by atoms with Crippen LogP contribution in [0.4, 0.5) is 0 Å². The Bertz CT molecular complexity index is 453. The first-order valence-electron chi connectivity index (χ1n) is 6.69. The van der Waals surface area contributed by atoms with Crippen molar-refractivity contribution in [3.8, 4) is 0 Å². The van der Waals surface area contributed by atoms with Gasteiger partial charge in [0.05, 0.1) is 0 Å². The molecular formula is C16H24Cl2Ti. The third-order valence-corrected chi connectivity index (χ3v) is 8.54. The normalized spacial score (nSPS) is 21.3. The second kappa shape index (κ2) is 9.13. The van der Waals surface area contributed by atoms with Crippen LogP contribution in [0.25, 0.3) is 0 Å². The minimum absolute atomic E-state index is 0. The molecule has 0 aromatic carbocycles. The molecule has 0 aliphatic heterocycles. The van der Waals surface area contributed by atoms with E-state index in [1.807, 2.05) is 0 Å². The van der Waals surface area contributed by atoms with Gasteiger partial charge in [-0.2, -0.15) is 0 Å². The monoisotopic (exact) mass is 334 g/mol. The molecule has 0 heterocycles.